The quantitative estimate of drug-likeness (QED) is 0.723. The summed E-state index contributed by atoms with van der Waals surface area (Å²) in [5, 5.41) is 8.99. The van der Waals surface area contributed by atoms with E-state index >= 15 is 0 Å². The number of carboxylic acid groups (broad SMARTS) is 1. The van der Waals surface area contributed by atoms with Crippen LogP contribution in [0.25, 0.3) is 0 Å². The fourth-order valence-corrected chi connectivity index (χ4v) is 2.12. The highest BCUT2D eigenvalue weighted by Gasteiger charge is 2.36. The van der Waals surface area contributed by atoms with Gasteiger partial charge in [-0.2, -0.15) is 0 Å². The molecule has 0 aromatic heterocycles. The van der Waals surface area contributed by atoms with Gasteiger partial charge in [-0.05, 0) is 32.4 Å². The number of likely N-dealkylation sites (tertiary alicyclic amines) is 1. The Bertz CT molecular complexity index is 191. The molecule has 0 radical (unpaired) electrons. The summed E-state index contributed by atoms with van der Waals surface area (Å²) in [6, 6.07) is 0.248. The van der Waals surface area contributed by atoms with Crippen molar-refractivity contribution in [2.45, 2.75) is 32.7 Å². The minimum absolute atomic E-state index is 0.146. The zero-order chi connectivity index (χ0) is 10.0. The third kappa shape index (κ3) is 2.44. The van der Waals surface area contributed by atoms with Crippen LogP contribution in [0.5, 0.6) is 0 Å². The van der Waals surface area contributed by atoms with Gasteiger partial charge in [-0.15, -0.1) is 0 Å². The largest absolute Gasteiger partial charge is 0.481 e. The van der Waals surface area contributed by atoms with E-state index in [4.69, 9.17) is 5.11 Å². The summed E-state index contributed by atoms with van der Waals surface area (Å²) in [7, 11) is 2.02. The van der Waals surface area contributed by atoms with Crippen molar-refractivity contribution in [3.05, 3.63) is 0 Å². The number of nitrogens with zero attached hydrogens (tertiary/aromatic N) is 1. The molecule has 1 saturated heterocycles. The van der Waals surface area contributed by atoms with E-state index in [0.29, 0.717) is 5.92 Å². The van der Waals surface area contributed by atoms with Gasteiger partial charge in [0.25, 0.3) is 0 Å². The van der Waals surface area contributed by atoms with E-state index in [0.717, 1.165) is 19.4 Å². The van der Waals surface area contributed by atoms with E-state index in [2.05, 4.69) is 18.7 Å². The summed E-state index contributed by atoms with van der Waals surface area (Å²) in [4.78, 5) is 13.1. The first-order chi connectivity index (χ1) is 6.02. The first-order valence-electron chi connectivity index (χ1n) is 4.95. The molecule has 1 N–H and O–H groups in total. The Labute approximate surface area is 79.7 Å². The SMILES string of the molecule is CC(C)C[C@@H]1[C@@H](C(=O)O)CCN1C. The summed E-state index contributed by atoms with van der Waals surface area (Å²) < 4.78 is 0. The standard InChI is InChI=1S/C10H19NO2/c1-7(2)6-9-8(10(12)13)4-5-11(9)3/h7-9H,4-6H2,1-3H3,(H,12,13)/t8-,9+/m0/s1. The number of hydrogen-bond acceptors (Lipinski definition) is 2. The molecule has 13 heavy (non-hydrogen) atoms. The van der Waals surface area contributed by atoms with Crippen molar-refractivity contribution in [2.24, 2.45) is 11.8 Å². The van der Waals surface area contributed by atoms with Crippen molar-refractivity contribution in [3.8, 4) is 0 Å². The molecule has 76 valence electrons. The maximum absolute atomic E-state index is 10.9. The van der Waals surface area contributed by atoms with Gasteiger partial charge in [0.15, 0.2) is 0 Å². The van der Waals surface area contributed by atoms with Crippen LogP contribution in [0.15, 0.2) is 0 Å². The van der Waals surface area contributed by atoms with Crippen LogP contribution in [0, 0.1) is 11.8 Å². The molecule has 1 rings (SSSR count). The van der Waals surface area contributed by atoms with Crippen molar-refractivity contribution >= 4 is 5.97 Å². The van der Waals surface area contributed by atoms with Crippen LogP contribution in [0.1, 0.15) is 26.7 Å². The van der Waals surface area contributed by atoms with E-state index in [9.17, 15) is 4.79 Å². The zero-order valence-corrected chi connectivity index (χ0v) is 8.66. The second-order valence-corrected chi connectivity index (χ2v) is 4.41. The van der Waals surface area contributed by atoms with Crippen molar-refractivity contribution in [2.75, 3.05) is 13.6 Å². The van der Waals surface area contributed by atoms with E-state index in [1.54, 1.807) is 0 Å². The molecule has 3 heteroatoms. The lowest BCUT2D eigenvalue weighted by molar-refractivity contribution is -0.142. The maximum atomic E-state index is 10.9. The minimum Gasteiger partial charge on any atom is -0.481 e. The van der Waals surface area contributed by atoms with Gasteiger partial charge in [0.05, 0.1) is 5.92 Å². The highest BCUT2D eigenvalue weighted by molar-refractivity contribution is 5.71. The lowest BCUT2D eigenvalue weighted by Crippen LogP contribution is -2.34. The highest BCUT2D eigenvalue weighted by atomic mass is 16.4. The molecule has 1 fully saturated rings. The summed E-state index contributed by atoms with van der Waals surface area (Å²) in [6.45, 7) is 5.21. The van der Waals surface area contributed by atoms with Crippen molar-refractivity contribution in [1.29, 1.82) is 0 Å². The van der Waals surface area contributed by atoms with Crippen molar-refractivity contribution < 1.29 is 9.90 Å². The predicted octanol–water partition coefficient (Wildman–Crippen LogP) is 1.44. The van der Waals surface area contributed by atoms with Crippen LogP contribution >= 0.6 is 0 Å². The molecule has 3 nitrogen and oxygen atoms in total. The Kier molecular flexibility index (Phi) is 3.31. The normalized spacial score (nSPS) is 29.8. The highest BCUT2D eigenvalue weighted by Crippen LogP contribution is 2.27. The number of rotatable bonds is 3. The average molecular weight is 185 g/mol. The summed E-state index contributed by atoms with van der Waals surface area (Å²) in [6.07, 6.45) is 1.80. The minimum atomic E-state index is -0.630. The van der Waals surface area contributed by atoms with E-state index in [-0.39, 0.29) is 12.0 Å². The summed E-state index contributed by atoms with van der Waals surface area (Å²) >= 11 is 0. The van der Waals surface area contributed by atoms with Crippen LogP contribution in [0.3, 0.4) is 0 Å². The van der Waals surface area contributed by atoms with Crippen molar-refractivity contribution in [3.63, 3.8) is 0 Å². The molecule has 1 heterocycles. The third-order valence-electron chi connectivity index (χ3n) is 2.85. The van der Waals surface area contributed by atoms with Gasteiger partial charge in [0.2, 0.25) is 0 Å². The Morgan fingerprint density at radius 3 is 2.69 bits per heavy atom. The van der Waals surface area contributed by atoms with Gasteiger partial charge in [0.1, 0.15) is 0 Å². The number of hydrogen-bond donors (Lipinski definition) is 1. The molecule has 0 unspecified atom stereocenters. The Morgan fingerprint density at radius 1 is 1.62 bits per heavy atom. The second kappa shape index (κ2) is 4.09. The van der Waals surface area contributed by atoms with Crippen LogP contribution in [-0.2, 0) is 4.79 Å². The smallest absolute Gasteiger partial charge is 0.308 e. The van der Waals surface area contributed by atoms with E-state index in [1.165, 1.54) is 0 Å². The first kappa shape index (κ1) is 10.5. The van der Waals surface area contributed by atoms with Crippen LogP contribution in [-0.4, -0.2) is 35.6 Å². The Hall–Kier alpha value is -0.570. The third-order valence-corrected chi connectivity index (χ3v) is 2.85. The van der Waals surface area contributed by atoms with Crippen LogP contribution in [0.4, 0.5) is 0 Å². The molecule has 0 saturated carbocycles. The van der Waals surface area contributed by atoms with Gasteiger partial charge in [0, 0.05) is 6.04 Å². The molecule has 0 aromatic carbocycles. The molecule has 0 bridgehead atoms. The lowest BCUT2D eigenvalue weighted by atomic mass is 9.93. The van der Waals surface area contributed by atoms with Gasteiger partial charge in [-0.1, -0.05) is 13.8 Å². The number of carbonyl (C=O) groups is 1. The lowest BCUT2D eigenvalue weighted by Gasteiger charge is -2.24. The zero-order valence-electron chi connectivity index (χ0n) is 8.66. The van der Waals surface area contributed by atoms with Gasteiger partial charge in [-0.3, -0.25) is 4.79 Å². The Balaban J connectivity index is 2.60. The molecular weight excluding hydrogens is 166 g/mol. The molecule has 0 aromatic rings. The molecule has 0 spiro atoms. The molecule has 0 amide bonds. The van der Waals surface area contributed by atoms with E-state index in [1.807, 2.05) is 7.05 Å². The molecule has 0 aliphatic carbocycles. The summed E-state index contributed by atoms with van der Waals surface area (Å²) in [5.41, 5.74) is 0. The molecular formula is C10H19NO2. The average Bonchev–Trinajstić information content (AvgIpc) is 2.32. The van der Waals surface area contributed by atoms with Gasteiger partial charge >= 0.3 is 5.97 Å². The predicted molar refractivity (Wildman–Crippen MR) is 51.6 cm³/mol. The monoisotopic (exact) mass is 185 g/mol. The summed E-state index contributed by atoms with van der Waals surface area (Å²) in [5.74, 6) is -0.199. The van der Waals surface area contributed by atoms with E-state index < -0.39 is 5.97 Å². The molecule has 1 aliphatic heterocycles. The molecule has 1 aliphatic rings. The maximum Gasteiger partial charge on any atom is 0.308 e. The Morgan fingerprint density at radius 2 is 2.23 bits per heavy atom. The number of aliphatic carboxylic acids is 1. The van der Waals surface area contributed by atoms with Gasteiger partial charge in [-0.25, -0.2) is 0 Å². The van der Waals surface area contributed by atoms with Gasteiger partial charge < -0.3 is 10.0 Å². The topological polar surface area (TPSA) is 40.5 Å². The fraction of sp³-hybridized carbons (Fsp3) is 0.900. The van der Waals surface area contributed by atoms with Crippen molar-refractivity contribution in [1.82, 2.24) is 4.90 Å². The number of carboxylic acids is 1. The first-order valence-corrected chi connectivity index (χ1v) is 4.95. The van der Waals surface area contributed by atoms with Crippen LogP contribution in [0.2, 0.25) is 0 Å². The second-order valence-electron chi connectivity index (χ2n) is 4.41. The molecule has 2 atom stereocenters. The fourth-order valence-electron chi connectivity index (χ4n) is 2.12. The van der Waals surface area contributed by atoms with Crippen LogP contribution < -0.4 is 0 Å².